The summed E-state index contributed by atoms with van der Waals surface area (Å²) in [6.07, 6.45) is 0. The molecule has 2 aromatic carbocycles. The van der Waals surface area contributed by atoms with Gasteiger partial charge in [-0.15, -0.1) is 0 Å². The average molecular weight is 577 g/mol. The third-order valence-corrected chi connectivity index (χ3v) is 7.79. The van der Waals surface area contributed by atoms with Crippen molar-refractivity contribution >= 4 is 41.1 Å². The molecule has 8 nitrogen and oxygen atoms in total. The van der Waals surface area contributed by atoms with Crippen LogP contribution in [0.15, 0.2) is 53.7 Å². The van der Waals surface area contributed by atoms with Crippen molar-refractivity contribution in [2.75, 3.05) is 39.3 Å². The predicted octanol–water partition coefficient (Wildman–Crippen LogP) is 4.88. The Hall–Kier alpha value is -3.14. The van der Waals surface area contributed by atoms with E-state index in [1.807, 2.05) is 13.8 Å². The highest BCUT2D eigenvalue weighted by Crippen LogP contribution is 2.38. The minimum atomic E-state index is -0.853. The van der Waals surface area contributed by atoms with Gasteiger partial charge in [-0.1, -0.05) is 41.4 Å². The van der Waals surface area contributed by atoms with E-state index in [0.717, 1.165) is 0 Å². The van der Waals surface area contributed by atoms with Crippen LogP contribution in [0.5, 0.6) is 0 Å². The molecule has 11 heteroatoms. The highest BCUT2D eigenvalue weighted by molar-refractivity contribution is 6.42. The van der Waals surface area contributed by atoms with Crippen LogP contribution in [0, 0.1) is 5.82 Å². The van der Waals surface area contributed by atoms with Gasteiger partial charge in [0.15, 0.2) is 0 Å². The number of hydrogen-bond acceptors (Lipinski definition) is 5. The molecule has 0 bridgehead atoms. The quantitative estimate of drug-likeness (QED) is 0.475. The van der Waals surface area contributed by atoms with Gasteiger partial charge < -0.3 is 15.0 Å². The standard InChI is InChI=1S/C28H31Cl2FN4O4/c1-4-34-22(16-33-12-13-35(17(3)15-33)26(36)18-8-6-9-19(31)14-18)23(27(37)39-5-2)25(32-28(34)38)20-10-7-11-21(29)24(20)30/h6-11,14,17,25H,4-5,12-13,15-16H2,1-3H3,(H,32,38). The number of nitrogens with zero attached hydrogens (tertiary/aromatic N) is 3. The Kier molecular flexibility index (Phi) is 9.15. The van der Waals surface area contributed by atoms with E-state index in [1.165, 1.54) is 23.1 Å². The van der Waals surface area contributed by atoms with Gasteiger partial charge in [-0.25, -0.2) is 14.0 Å². The third kappa shape index (κ3) is 6.05. The molecular weight excluding hydrogens is 546 g/mol. The number of ether oxygens (including phenoxy) is 1. The van der Waals surface area contributed by atoms with Crippen LogP contribution in [-0.4, -0.2) is 78.0 Å². The number of hydrogen-bond donors (Lipinski definition) is 1. The van der Waals surface area contributed by atoms with Crippen LogP contribution >= 0.6 is 23.2 Å². The summed E-state index contributed by atoms with van der Waals surface area (Å²) >= 11 is 12.8. The van der Waals surface area contributed by atoms with Gasteiger partial charge in [-0.3, -0.25) is 14.6 Å². The molecule has 208 valence electrons. The van der Waals surface area contributed by atoms with Crippen LogP contribution in [0.25, 0.3) is 0 Å². The van der Waals surface area contributed by atoms with Crippen molar-refractivity contribution < 1.29 is 23.5 Å². The number of likely N-dealkylation sites (N-methyl/N-ethyl adjacent to an activating group) is 1. The first-order valence-corrected chi connectivity index (χ1v) is 13.6. The number of benzene rings is 2. The van der Waals surface area contributed by atoms with E-state index in [0.29, 0.717) is 48.0 Å². The van der Waals surface area contributed by atoms with Gasteiger partial charge in [0.1, 0.15) is 5.82 Å². The van der Waals surface area contributed by atoms with E-state index in [-0.39, 0.29) is 41.7 Å². The Balaban J connectivity index is 1.66. The number of carbonyl (C=O) groups is 3. The zero-order valence-electron chi connectivity index (χ0n) is 22.0. The molecule has 4 rings (SSSR count). The number of amides is 3. The lowest BCUT2D eigenvalue weighted by molar-refractivity contribution is -0.139. The summed E-state index contributed by atoms with van der Waals surface area (Å²) in [5.74, 6) is -1.26. The van der Waals surface area contributed by atoms with Crippen LogP contribution < -0.4 is 5.32 Å². The highest BCUT2D eigenvalue weighted by atomic mass is 35.5. The largest absolute Gasteiger partial charge is 0.463 e. The summed E-state index contributed by atoms with van der Waals surface area (Å²) in [6.45, 7) is 7.61. The maximum Gasteiger partial charge on any atom is 0.338 e. The van der Waals surface area contributed by atoms with Gasteiger partial charge >= 0.3 is 12.0 Å². The van der Waals surface area contributed by atoms with Gasteiger partial charge in [0.25, 0.3) is 5.91 Å². The molecule has 0 spiro atoms. The molecule has 2 aliphatic heterocycles. The predicted molar refractivity (Wildman–Crippen MR) is 147 cm³/mol. The Morgan fingerprint density at radius 3 is 2.54 bits per heavy atom. The number of nitrogens with one attached hydrogen (secondary N) is 1. The van der Waals surface area contributed by atoms with Crippen molar-refractivity contribution in [2.24, 2.45) is 0 Å². The van der Waals surface area contributed by atoms with Crippen LogP contribution in [0.2, 0.25) is 10.0 Å². The summed E-state index contributed by atoms with van der Waals surface area (Å²) in [5.41, 5.74) is 1.59. The van der Waals surface area contributed by atoms with Gasteiger partial charge in [0, 0.05) is 50.0 Å². The number of esters is 1. The number of carbonyl (C=O) groups excluding carboxylic acids is 3. The van der Waals surface area contributed by atoms with Gasteiger partial charge in [0.05, 0.1) is 28.3 Å². The van der Waals surface area contributed by atoms with Crippen molar-refractivity contribution in [1.82, 2.24) is 20.0 Å². The van der Waals surface area contributed by atoms with E-state index in [4.69, 9.17) is 27.9 Å². The van der Waals surface area contributed by atoms with Gasteiger partial charge in [0.2, 0.25) is 0 Å². The fourth-order valence-electron chi connectivity index (χ4n) is 5.11. The molecule has 2 heterocycles. The minimum Gasteiger partial charge on any atom is -0.463 e. The van der Waals surface area contributed by atoms with Gasteiger partial charge in [-0.2, -0.15) is 0 Å². The van der Waals surface area contributed by atoms with Crippen molar-refractivity contribution in [3.63, 3.8) is 0 Å². The van der Waals surface area contributed by atoms with Crippen molar-refractivity contribution in [3.8, 4) is 0 Å². The number of rotatable bonds is 7. The Morgan fingerprint density at radius 1 is 1.13 bits per heavy atom. The molecule has 2 atom stereocenters. The molecule has 39 heavy (non-hydrogen) atoms. The first kappa shape index (κ1) is 28.9. The molecule has 0 saturated carbocycles. The Bertz CT molecular complexity index is 1300. The summed E-state index contributed by atoms with van der Waals surface area (Å²) in [5, 5.41) is 3.44. The smallest absolute Gasteiger partial charge is 0.338 e. The lowest BCUT2D eigenvalue weighted by Crippen LogP contribution is -2.56. The molecule has 0 aromatic heterocycles. The summed E-state index contributed by atoms with van der Waals surface area (Å²) in [4.78, 5) is 45.0. The second kappa shape index (κ2) is 12.4. The van der Waals surface area contributed by atoms with Crippen LogP contribution in [0.1, 0.15) is 42.7 Å². The normalized spacial score (nSPS) is 20.2. The lowest BCUT2D eigenvalue weighted by atomic mass is 9.93. The van der Waals surface area contributed by atoms with Gasteiger partial charge in [-0.05, 0) is 50.6 Å². The minimum absolute atomic E-state index is 0.156. The van der Waals surface area contributed by atoms with Crippen LogP contribution in [0.4, 0.5) is 9.18 Å². The molecule has 1 saturated heterocycles. The first-order chi connectivity index (χ1) is 18.7. The monoisotopic (exact) mass is 576 g/mol. The van der Waals surface area contributed by atoms with Crippen LogP contribution in [0.3, 0.4) is 0 Å². The van der Waals surface area contributed by atoms with E-state index in [9.17, 15) is 18.8 Å². The highest BCUT2D eigenvalue weighted by Gasteiger charge is 2.40. The van der Waals surface area contributed by atoms with Crippen molar-refractivity contribution in [1.29, 1.82) is 0 Å². The summed E-state index contributed by atoms with van der Waals surface area (Å²) in [6, 6.07) is 9.31. The summed E-state index contributed by atoms with van der Waals surface area (Å²) in [7, 11) is 0. The topological polar surface area (TPSA) is 82.2 Å². The fraction of sp³-hybridized carbons (Fsp3) is 0.393. The molecule has 2 aliphatic rings. The molecule has 0 aliphatic carbocycles. The van der Waals surface area contributed by atoms with E-state index >= 15 is 0 Å². The zero-order chi connectivity index (χ0) is 28.3. The van der Waals surface area contributed by atoms with E-state index in [1.54, 1.807) is 36.1 Å². The molecule has 1 N–H and O–H groups in total. The number of urea groups is 1. The zero-order valence-corrected chi connectivity index (χ0v) is 23.6. The van der Waals surface area contributed by atoms with E-state index in [2.05, 4.69) is 10.2 Å². The number of halogens is 3. The maximum atomic E-state index is 13.7. The Labute approximate surface area is 237 Å². The third-order valence-electron chi connectivity index (χ3n) is 6.96. The summed E-state index contributed by atoms with van der Waals surface area (Å²) < 4.78 is 19.1. The van der Waals surface area contributed by atoms with E-state index < -0.39 is 17.8 Å². The van der Waals surface area contributed by atoms with Crippen molar-refractivity contribution in [3.05, 3.63) is 80.7 Å². The first-order valence-electron chi connectivity index (χ1n) is 12.9. The second-order valence-corrected chi connectivity index (χ2v) is 10.2. The molecular formula is C28H31Cl2FN4O4. The lowest BCUT2D eigenvalue weighted by Gasteiger charge is -2.43. The molecule has 0 radical (unpaired) electrons. The maximum absolute atomic E-state index is 13.7. The fourth-order valence-corrected chi connectivity index (χ4v) is 5.53. The molecule has 2 unspecified atom stereocenters. The Morgan fingerprint density at radius 2 is 1.87 bits per heavy atom. The molecule has 2 aromatic rings. The molecule has 1 fully saturated rings. The second-order valence-electron chi connectivity index (χ2n) is 9.44. The average Bonchev–Trinajstić information content (AvgIpc) is 2.90. The SMILES string of the molecule is CCOC(=O)C1=C(CN2CCN(C(=O)c3cccc(F)c3)C(C)C2)N(CC)C(=O)NC1c1cccc(Cl)c1Cl. The molecule has 3 amide bonds. The van der Waals surface area contributed by atoms with Crippen LogP contribution in [-0.2, 0) is 9.53 Å². The number of piperazine rings is 1. The van der Waals surface area contributed by atoms with Crippen molar-refractivity contribution in [2.45, 2.75) is 32.9 Å².